The molecule has 8 heteroatoms. The monoisotopic (exact) mass is 489 g/mol. The van der Waals surface area contributed by atoms with Crippen LogP contribution in [-0.2, 0) is 14.4 Å². The van der Waals surface area contributed by atoms with E-state index in [2.05, 4.69) is 62.0 Å². The number of thiol groups is 2. The number of hydrogen-bond acceptors (Lipinski definition) is 5. The van der Waals surface area contributed by atoms with Crippen molar-refractivity contribution >= 4 is 43.0 Å². The second-order valence-electron chi connectivity index (χ2n) is 12.9. The topological polar surface area (TPSA) is 87.3 Å². The molecule has 188 valence electrons. The molecule has 0 aromatic rings. The number of rotatable bonds is 10. The van der Waals surface area contributed by atoms with E-state index in [1.165, 1.54) is 6.92 Å². The molecule has 2 atom stereocenters. The smallest absolute Gasteiger partial charge is 0.226 e. The van der Waals surface area contributed by atoms with Gasteiger partial charge in [-0.25, -0.2) is 0 Å². The third-order valence-electron chi connectivity index (χ3n) is 5.05. The van der Waals surface area contributed by atoms with Gasteiger partial charge in [0, 0.05) is 29.7 Å². The molecule has 0 aromatic heterocycles. The van der Waals surface area contributed by atoms with Gasteiger partial charge in [-0.1, -0.05) is 48.5 Å². The molecule has 0 saturated carbocycles. The van der Waals surface area contributed by atoms with Crippen LogP contribution in [-0.4, -0.2) is 33.0 Å². The van der Waals surface area contributed by atoms with Gasteiger partial charge in [0.1, 0.15) is 0 Å². The zero-order chi connectivity index (χ0) is 26.0. The average Bonchev–Trinajstić information content (AvgIpc) is 2.38. The summed E-state index contributed by atoms with van der Waals surface area (Å²) in [5.41, 5.74) is -2.18. The van der Waals surface area contributed by atoms with E-state index < -0.39 is 26.1 Å². The lowest BCUT2D eigenvalue weighted by Gasteiger charge is -2.40. The Kier molecular flexibility index (Phi) is 9.88. The highest BCUT2D eigenvalue weighted by atomic mass is 32.1. The van der Waals surface area contributed by atoms with Crippen LogP contribution in [0.3, 0.4) is 0 Å². The van der Waals surface area contributed by atoms with Crippen molar-refractivity contribution in [3.8, 4) is 0 Å². The molecule has 0 saturated heterocycles. The van der Waals surface area contributed by atoms with Gasteiger partial charge < -0.3 is 16.0 Å². The summed E-state index contributed by atoms with van der Waals surface area (Å²) in [4.78, 5) is 36.3. The molecule has 3 amide bonds. The third kappa shape index (κ3) is 11.8. The Morgan fingerprint density at radius 3 is 1.34 bits per heavy atom. The summed E-state index contributed by atoms with van der Waals surface area (Å²) in [5.74, 6) is -0.466. The van der Waals surface area contributed by atoms with Crippen LogP contribution in [0.1, 0.15) is 102 Å². The summed E-state index contributed by atoms with van der Waals surface area (Å²) < 4.78 is 0. The first kappa shape index (κ1) is 31.1. The molecule has 0 aliphatic carbocycles. The zero-order valence-corrected chi connectivity index (χ0v) is 24.0. The standard InChI is InChI=1S/C24H47N3O3S2/c1-16(28)25-24(12,32)15-22(9,10)26-17(29)20(5,6)14-21(7,8)18(30)27-23(11,31)13-19(2,3)4/h31-32H,13-15H2,1-12H3,(H,25,28)(H,26,29)(H,27,30). The van der Waals surface area contributed by atoms with Gasteiger partial charge in [0.25, 0.3) is 0 Å². The van der Waals surface area contributed by atoms with E-state index in [9.17, 15) is 14.4 Å². The van der Waals surface area contributed by atoms with Crippen molar-refractivity contribution in [2.75, 3.05) is 0 Å². The molecule has 0 spiro atoms. The van der Waals surface area contributed by atoms with Crippen LogP contribution in [0.2, 0.25) is 0 Å². The highest BCUT2D eigenvalue weighted by Gasteiger charge is 2.42. The summed E-state index contributed by atoms with van der Waals surface area (Å²) >= 11 is 9.21. The van der Waals surface area contributed by atoms with Gasteiger partial charge in [0.05, 0.1) is 9.74 Å². The quantitative estimate of drug-likeness (QED) is 0.228. The molecule has 0 aliphatic rings. The lowest BCUT2D eigenvalue weighted by molar-refractivity contribution is -0.137. The van der Waals surface area contributed by atoms with Crippen molar-refractivity contribution in [2.45, 2.75) is 118 Å². The summed E-state index contributed by atoms with van der Waals surface area (Å²) in [7, 11) is 0. The molecule has 2 unspecified atom stereocenters. The second kappa shape index (κ2) is 10.2. The lowest BCUT2D eigenvalue weighted by Crippen LogP contribution is -2.56. The molecule has 0 fully saturated rings. The zero-order valence-electron chi connectivity index (χ0n) is 22.2. The van der Waals surface area contributed by atoms with Gasteiger partial charge in [0.15, 0.2) is 0 Å². The van der Waals surface area contributed by atoms with E-state index in [1.807, 2.05) is 48.5 Å². The van der Waals surface area contributed by atoms with Crippen LogP contribution in [0.15, 0.2) is 0 Å². The molecular weight excluding hydrogens is 442 g/mol. The summed E-state index contributed by atoms with van der Waals surface area (Å²) in [6.07, 6.45) is 1.50. The van der Waals surface area contributed by atoms with Gasteiger partial charge in [-0.05, 0) is 46.0 Å². The first-order valence-electron chi connectivity index (χ1n) is 11.2. The van der Waals surface area contributed by atoms with E-state index in [0.717, 1.165) is 0 Å². The van der Waals surface area contributed by atoms with Crippen molar-refractivity contribution in [3.05, 3.63) is 0 Å². The normalized spacial score (nSPS) is 17.1. The molecule has 0 aliphatic heterocycles. The van der Waals surface area contributed by atoms with Crippen molar-refractivity contribution in [1.29, 1.82) is 0 Å². The van der Waals surface area contributed by atoms with Crippen LogP contribution in [0.5, 0.6) is 0 Å². The van der Waals surface area contributed by atoms with Crippen LogP contribution < -0.4 is 16.0 Å². The SMILES string of the molecule is CC(=O)NC(C)(S)CC(C)(C)NC(=O)C(C)(C)CC(C)(C)C(=O)NC(C)(S)CC(C)(C)C. The fraction of sp³-hybridized carbons (Fsp3) is 0.875. The van der Waals surface area contributed by atoms with Crippen molar-refractivity contribution < 1.29 is 14.4 Å². The predicted molar refractivity (Wildman–Crippen MR) is 140 cm³/mol. The number of carbonyl (C=O) groups is 3. The van der Waals surface area contributed by atoms with E-state index in [-0.39, 0.29) is 23.1 Å². The molecular formula is C24H47N3O3S2. The molecule has 6 nitrogen and oxygen atoms in total. The largest absolute Gasteiger partial charge is 0.351 e. The van der Waals surface area contributed by atoms with Crippen LogP contribution in [0.4, 0.5) is 0 Å². The first-order chi connectivity index (χ1) is 13.8. The van der Waals surface area contributed by atoms with Crippen LogP contribution in [0.25, 0.3) is 0 Å². The second-order valence-corrected chi connectivity index (χ2v) is 14.9. The van der Waals surface area contributed by atoms with Crippen molar-refractivity contribution in [1.82, 2.24) is 16.0 Å². The predicted octanol–water partition coefficient (Wildman–Crippen LogP) is 4.69. The first-order valence-corrected chi connectivity index (χ1v) is 12.1. The molecule has 0 rings (SSSR count). The lowest BCUT2D eigenvalue weighted by atomic mass is 9.73. The maximum Gasteiger partial charge on any atom is 0.226 e. The number of amides is 3. The Morgan fingerprint density at radius 1 is 0.594 bits per heavy atom. The fourth-order valence-corrected chi connectivity index (χ4v) is 5.69. The Labute approximate surface area is 207 Å². The van der Waals surface area contributed by atoms with Gasteiger partial charge in [0.2, 0.25) is 17.7 Å². The molecule has 3 N–H and O–H groups in total. The Bertz CT molecular complexity index is 706. The highest BCUT2D eigenvalue weighted by Crippen LogP contribution is 2.37. The van der Waals surface area contributed by atoms with Crippen LogP contribution in [0, 0.1) is 16.2 Å². The Balaban J connectivity index is 5.30. The fourth-order valence-electron chi connectivity index (χ4n) is 4.56. The number of nitrogens with one attached hydrogen (secondary N) is 3. The molecule has 0 bridgehead atoms. The molecule has 0 aromatic carbocycles. The third-order valence-corrected chi connectivity index (χ3v) is 5.59. The van der Waals surface area contributed by atoms with E-state index >= 15 is 0 Å². The van der Waals surface area contributed by atoms with Gasteiger partial charge in [-0.2, -0.15) is 25.3 Å². The van der Waals surface area contributed by atoms with Gasteiger partial charge in [-0.15, -0.1) is 0 Å². The number of carbonyl (C=O) groups excluding carboxylic acids is 3. The maximum absolute atomic E-state index is 13.2. The van der Waals surface area contributed by atoms with Crippen LogP contribution >= 0.6 is 25.3 Å². The molecule has 0 radical (unpaired) electrons. The van der Waals surface area contributed by atoms with E-state index in [1.54, 1.807) is 6.92 Å². The number of hydrogen-bond donors (Lipinski definition) is 5. The van der Waals surface area contributed by atoms with Crippen molar-refractivity contribution in [2.24, 2.45) is 16.2 Å². The molecule has 32 heavy (non-hydrogen) atoms. The molecule has 0 heterocycles. The minimum Gasteiger partial charge on any atom is -0.351 e. The van der Waals surface area contributed by atoms with E-state index in [0.29, 0.717) is 19.3 Å². The Morgan fingerprint density at radius 2 is 0.969 bits per heavy atom. The summed E-state index contributed by atoms with van der Waals surface area (Å²) in [6, 6.07) is 0. The average molecular weight is 490 g/mol. The summed E-state index contributed by atoms with van der Waals surface area (Å²) in [6.45, 7) is 22.6. The highest BCUT2D eigenvalue weighted by molar-refractivity contribution is 7.82. The van der Waals surface area contributed by atoms with Crippen molar-refractivity contribution in [3.63, 3.8) is 0 Å². The summed E-state index contributed by atoms with van der Waals surface area (Å²) in [5, 5.41) is 8.93. The minimum atomic E-state index is -0.795. The van der Waals surface area contributed by atoms with Gasteiger partial charge >= 0.3 is 0 Å². The maximum atomic E-state index is 13.2. The van der Waals surface area contributed by atoms with E-state index in [4.69, 9.17) is 0 Å². The van der Waals surface area contributed by atoms with Gasteiger partial charge in [-0.3, -0.25) is 14.4 Å². The Hall–Kier alpha value is -0.890. The minimum absolute atomic E-state index is 0.0113.